The molecule has 1 heterocycles. The van der Waals surface area contributed by atoms with Crippen molar-refractivity contribution in [1.82, 2.24) is 4.98 Å². The van der Waals surface area contributed by atoms with Gasteiger partial charge in [0.15, 0.2) is 0 Å². The van der Waals surface area contributed by atoms with Crippen LogP contribution in [0, 0.1) is 11.3 Å². The molecule has 1 unspecified atom stereocenters. The molecule has 26 heavy (non-hydrogen) atoms. The van der Waals surface area contributed by atoms with Gasteiger partial charge in [-0.2, -0.15) is 18.4 Å². The number of H-pyrrole nitrogens is 1. The van der Waals surface area contributed by atoms with E-state index in [1.807, 2.05) is 24.4 Å². The van der Waals surface area contributed by atoms with Crippen molar-refractivity contribution in [2.45, 2.75) is 31.4 Å². The minimum Gasteiger partial charge on any atom is -0.360 e. The average Bonchev–Trinajstić information content (AvgIpc) is 3.03. The van der Waals surface area contributed by atoms with Crippen LogP contribution in [0.2, 0.25) is 0 Å². The Morgan fingerprint density at radius 1 is 1.12 bits per heavy atom. The number of rotatable bonds is 5. The molecule has 0 spiro atoms. The highest BCUT2D eigenvalue weighted by Crippen LogP contribution is 2.37. The first-order chi connectivity index (χ1) is 12.4. The van der Waals surface area contributed by atoms with Crippen LogP contribution < -0.4 is 0 Å². The van der Waals surface area contributed by atoms with Gasteiger partial charge in [-0.15, -0.1) is 0 Å². The van der Waals surface area contributed by atoms with Crippen LogP contribution >= 0.6 is 15.9 Å². The molecule has 0 saturated heterocycles. The number of nitriles is 1. The maximum absolute atomic E-state index is 12.8. The van der Waals surface area contributed by atoms with Gasteiger partial charge in [-0.3, -0.25) is 0 Å². The van der Waals surface area contributed by atoms with Gasteiger partial charge in [-0.1, -0.05) is 24.3 Å². The fourth-order valence-corrected chi connectivity index (χ4v) is 3.70. The normalized spacial score (nSPS) is 12.9. The maximum Gasteiger partial charge on any atom is 0.416 e. The Morgan fingerprint density at radius 3 is 2.50 bits per heavy atom. The van der Waals surface area contributed by atoms with Gasteiger partial charge in [-0.25, -0.2) is 0 Å². The van der Waals surface area contributed by atoms with Crippen LogP contribution in [0.4, 0.5) is 13.2 Å². The lowest BCUT2D eigenvalue weighted by molar-refractivity contribution is -0.137. The van der Waals surface area contributed by atoms with E-state index in [-0.39, 0.29) is 5.92 Å². The SMILES string of the molecule is N#CCCCC(c1ccc(C(F)(F)F)cc1)c1c[nH]c2c(Br)cccc12. The first-order valence-corrected chi connectivity index (χ1v) is 9.00. The van der Waals surface area contributed by atoms with Gasteiger partial charge in [0.1, 0.15) is 0 Å². The molecule has 0 saturated carbocycles. The number of hydrogen-bond donors (Lipinski definition) is 1. The Bertz CT molecular complexity index is 936. The van der Waals surface area contributed by atoms with Crippen molar-refractivity contribution in [2.24, 2.45) is 0 Å². The molecule has 3 rings (SSSR count). The first kappa shape index (κ1) is 18.5. The van der Waals surface area contributed by atoms with Gasteiger partial charge in [0.05, 0.1) is 17.1 Å². The highest BCUT2D eigenvalue weighted by atomic mass is 79.9. The molecule has 0 aliphatic heterocycles. The Morgan fingerprint density at radius 2 is 1.85 bits per heavy atom. The molecule has 3 aromatic rings. The van der Waals surface area contributed by atoms with Gasteiger partial charge in [0, 0.05) is 28.4 Å². The third kappa shape index (κ3) is 3.78. The molecular weight excluding hydrogens is 405 g/mol. The highest BCUT2D eigenvalue weighted by molar-refractivity contribution is 9.10. The zero-order valence-corrected chi connectivity index (χ0v) is 15.4. The van der Waals surface area contributed by atoms with Crippen LogP contribution in [-0.2, 0) is 6.18 Å². The summed E-state index contributed by atoms with van der Waals surface area (Å²) in [5.74, 6) is -0.0753. The summed E-state index contributed by atoms with van der Waals surface area (Å²) in [5.41, 5.74) is 2.15. The van der Waals surface area contributed by atoms with Gasteiger partial charge in [-0.05, 0) is 58.1 Å². The molecule has 1 N–H and O–H groups in total. The Balaban J connectivity index is 2.02. The fourth-order valence-electron chi connectivity index (χ4n) is 3.22. The molecule has 1 aromatic heterocycles. The number of benzene rings is 2. The molecule has 0 radical (unpaired) electrons. The van der Waals surface area contributed by atoms with Gasteiger partial charge < -0.3 is 4.98 Å². The molecular formula is C20H16BrF3N2. The summed E-state index contributed by atoms with van der Waals surface area (Å²) in [6.45, 7) is 0. The topological polar surface area (TPSA) is 39.6 Å². The molecule has 6 heteroatoms. The summed E-state index contributed by atoms with van der Waals surface area (Å²) >= 11 is 3.51. The third-order valence-electron chi connectivity index (χ3n) is 4.49. The Labute approximate surface area is 157 Å². The number of aromatic amines is 1. The summed E-state index contributed by atoms with van der Waals surface area (Å²) in [5, 5.41) is 9.86. The van der Waals surface area contributed by atoms with Crippen molar-refractivity contribution in [1.29, 1.82) is 5.26 Å². The summed E-state index contributed by atoms with van der Waals surface area (Å²) in [6.07, 6.45) is -0.644. The lowest BCUT2D eigenvalue weighted by Gasteiger charge is -2.18. The number of unbranched alkanes of at least 4 members (excludes halogenated alkanes) is 1. The van der Waals surface area contributed by atoms with E-state index < -0.39 is 11.7 Å². The van der Waals surface area contributed by atoms with Gasteiger partial charge >= 0.3 is 6.18 Å². The van der Waals surface area contributed by atoms with Crippen LogP contribution in [0.5, 0.6) is 0 Å². The second-order valence-corrected chi connectivity index (χ2v) is 6.98. The Kier molecular flexibility index (Phi) is 5.38. The minimum atomic E-state index is -4.35. The number of alkyl halides is 3. The van der Waals surface area contributed by atoms with E-state index in [1.54, 1.807) is 0 Å². The van der Waals surface area contributed by atoms with E-state index in [0.29, 0.717) is 19.3 Å². The Hall–Kier alpha value is -2.26. The van der Waals surface area contributed by atoms with Gasteiger partial charge in [0.2, 0.25) is 0 Å². The summed E-state index contributed by atoms with van der Waals surface area (Å²) in [6, 6.07) is 13.3. The molecule has 1 atom stereocenters. The molecule has 2 aromatic carbocycles. The number of aromatic nitrogens is 1. The molecule has 0 aliphatic rings. The molecule has 134 valence electrons. The zero-order chi connectivity index (χ0) is 18.7. The van der Waals surface area contributed by atoms with E-state index in [9.17, 15) is 13.2 Å². The van der Waals surface area contributed by atoms with Crippen molar-refractivity contribution in [2.75, 3.05) is 0 Å². The lowest BCUT2D eigenvalue weighted by atomic mass is 9.86. The number of hydrogen-bond acceptors (Lipinski definition) is 1. The van der Waals surface area contributed by atoms with Crippen molar-refractivity contribution in [3.63, 3.8) is 0 Å². The number of nitrogens with zero attached hydrogens (tertiary/aromatic N) is 1. The monoisotopic (exact) mass is 420 g/mol. The van der Waals surface area contributed by atoms with E-state index in [1.165, 1.54) is 12.1 Å². The minimum absolute atomic E-state index is 0.0753. The highest BCUT2D eigenvalue weighted by Gasteiger charge is 2.30. The molecule has 0 amide bonds. The summed E-state index contributed by atoms with van der Waals surface area (Å²) in [7, 11) is 0. The molecule has 0 bridgehead atoms. The van der Waals surface area contributed by atoms with Crippen LogP contribution in [0.1, 0.15) is 41.9 Å². The van der Waals surface area contributed by atoms with Crippen molar-refractivity contribution in [3.05, 3.63) is 69.8 Å². The number of fused-ring (bicyclic) bond motifs is 1. The molecule has 0 aliphatic carbocycles. The number of para-hydroxylation sites is 1. The second kappa shape index (κ2) is 7.55. The summed E-state index contributed by atoms with van der Waals surface area (Å²) < 4.78 is 39.5. The van der Waals surface area contributed by atoms with Crippen molar-refractivity contribution >= 4 is 26.8 Å². The molecule has 2 nitrogen and oxygen atoms in total. The number of halogens is 4. The van der Waals surface area contributed by atoms with E-state index >= 15 is 0 Å². The lowest BCUT2D eigenvalue weighted by Crippen LogP contribution is -2.06. The third-order valence-corrected chi connectivity index (χ3v) is 5.15. The van der Waals surface area contributed by atoms with Crippen LogP contribution in [0.15, 0.2) is 53.1 Å². The quantitative estimate of drug-likeness (QED) is 0.454. The van der Waals surface area contributed by atoms with E-state index in [2.05, 4.69) is 27.0 Å². The maximum atomic E-state index is 12.8. The van der Waals surface area contributed by atoms with Crippen LogP contribution in [0.25, 0.3) is 10.9 Å². The van der Waals surface area contributed by atoms with Crippen LogP contribution in [0.3, 0.4) is 0 Å². The van der Waals surface area contributed by atoms with Crippen molar-refractivity contribution in [3.8, 4) is 6.07 Å². The average molecular weight is 421 g/mol. The van der Waals surface area contributed by atoms with E-state index in [4.69, 9.17) is 5.26 Å². The van der Waals surface area contributed by atoms with Crippen molar-refractivity contribution < 1.29 is 13.2 Å². The van der Waals surface area contributed by atoms with E-state index in [0.717, 1.165) is 38.6 Å². The smallest absolute Gasteiger partial charge is 0.360 e. The predicted molar refractivity (Wildman–Crippen MR) is 98.7 cm³/mol. The van der Waals surface area contributed by atoms with Gasteiger partial charge in [0.25, 0.3) is 0 Å². The fraction of sp³-hybridized carbons (Fsp3) is 0.250. The number of nitrogens with one attached hydrogen (secondary N) is 1. The zero-order valence-electron chi connectivity index (χ0n) is 13.8. The predicted octanol–water partition coefficient (Wildman–Crippen LogP) is 6.77. The summed E-state index contributed by atoms with van der Waals surface area (Å²) in [4.78, 5) is 3.24. The molecule has 0 fully saturated rings. The largest absolute Gasteiger partial charge is 0.416 e. The van der Waals surface area contributed by atoms with Crippen LogP contribution in [-0.4, -0.2) is 4.98 Å². The first-order valence-electron chi connectivity index (χ1n) is 8.21. The standard InChI is InChI=1S/C20H16BrF3N2/c21-18-6-3-5-16-17(12-26-19(16)18)15(4-1-2-11-25)13-7-9-14(10-8-13)20(22,23)24/h3,5-10,12,15,26H,1-2,4H2. The second-order valence-electron chi connectivity index (χ2n) is 6.13.